The van der Waals surface area contributed by atoms with E-state index in [2.05, 4.69) is 45.6 Å². The molecule has 0 aromatic heterocycles. The van der Waals surface area contributed by atoms with Crippen LogP contribution >= 0.6 is 0 Å². The molecule has 0 heterocycles. The van der Waals surface area contributed by atoms with Crippen LogP contribution in [0.1, 0.15) is 52.9 Å². The second kappa shape index (κ2) is 9.05. The van der Waals surface area contributed by atoms with E-state index in [9.17, 15) is 0 Å². The topological polar surface area (TPSA) is 0 Å². The van der Waals surface area contributed by atoms with E-state index in [1.165, 1.54) is 32.1 Å². The molecule has 2 atom stereocenters. The van der Waals surface area contributed by atoms with Crippen molar-refractivity contribution in [2.75, 3.05) is 0 Å². The molecule has 0 nitrogen and oxygen atoms in total. The quantitative estimate of drug-likeness (QED) is 0.378. The van der Waals surface area contributed by atoms with Crippen molar-refractivity contribution in [1.29, 1.82) is 0 Å². The molecule has 0 bridgehead atoms. The summed E-state index contributed by atoms with van der Waals surface area (Å²) in [5.41, 5.74) is 0. The average Bonchev–Trinajstić information content (AvgIpc) is 2.21. The molecule has 0 N–H and O–H groups in total. The first-order valence-corrected chi connectivity index (χ1v) is 5.99. The van der Waals surface area contributed by atoms with Crippen LogP contribution in [-0.4, -0.2) is 0 Å². The molecular weight excluding hydrogens is 168 g/mol. The van der Waals surface area contributed by atoms with Crippen LogP contribution in [0.15, 0.2) is 24.8 Å². The molecule has 0 saturated carbocycles. The molecule has 0 radical (unpaired) electrons. The summed E-state index contributed by atoms with van der Waals surface area (Å²) in [6.45, 7) is 10.6. The molecular formula is C14H26. The Balaban J connectivity index is 3.77. The summed E-state index contributed by atoms with van der Waals surface area (Å²) in [5, 5.41) is 0. The minimum atomic E-state index is 0.681. The van der Waals surface area contributed by atoms with E-state index in [0.29, 0.717) is 5.92 Å². The number of allylic oxidation sites excluding steroid dienone is 3. The first-order chi connectivity index (χ1) is 6.76. The highest BCUT2D eigenvalue weighted by atomic mass is 14.2. The Morgan fingerprint density at radius 3 is 2.50 bits per heavy atom. The number of rotatable bonds is 8. The van der Waals surface area contributed by atoms with Crippen molar-refractivity contribution in [1.82, 2.24) is 0 Å². The van der Waals surface area contributed by atoms with Crippen molar-refractivity contribution in [2.24, 2.45) is 11.8 Å². The van der Waals surface area contributed by atoms with Gasteiger partial charge < -0.3 is 0 Å². The van der Waals surface area contributed by atoms with Gasteiger partial charge in [-0.2, -0.15) is 0 Å². The van der Waals surface area contributed by atoms with Gasteiger partial charge in [0.2, 0.25) is 0 Å². The predicted molar refractivity (Wildman–Crippen MR) is 66.4 cm³/mol. The van der Waals surface area contributed by atoms with Crippen LogP contribution in [-0.2, 0) is 0 Å². The zero-order valence-corrected chi connectivity index (χ0v) is 10.1. The van der Waals surface area contributed by atoms with Crippen molar-refractivity contribution in [3.8, 4) is 0 Å². The molecule has 0 aliphatic carbocycles. The van der Waals surface area contributed by atoms with E-state index in [4.69, 9.17) is 0 Å². The lowest BCUT2D eigenvalue weighted by atomic mass is 9.86. The second-order valence-corrected chi connectivity index (χ2v) is 4.14. The second-order valence-electron chi connectivity index (χ2n) is 4.14. The molecule has 0 aromatic carbocycles. The normalized spacial score (nSPS) is 15.6. The first kappa shape index (κ1) is 13.5. The smallest absolute Gasteiger partial charge is 0.0236 e. The van der Waals surface area contributed by atoms with E-state index < -0.39 is 0 Å². The summed E-state index contributed by atoms with van der Waals surface area (Å²) in [4.78, 5) is 0. The van der Waals surface area contributed by atoms with Gasteiger partial charge in [-0.3, -0.25) is 0 Å². The monoisotopic (exact) mass is 194 g/mol. The fourth-order valence-electron chi connectivity index (χ4n) is 1.90. The Labute approximate surface area is 90.1 Å². The van der Waals surface area contributed by atoms with Crippen molar-refractivity contribution in [3.63, 3.8) is 0 Å². The van der Waals surface area contributed by atoms with Gasteiger partial charge >= 0.3 is 0 Å². The number of hydrogen-bond acceptors (Lipinski definition) is 0. The van der Waals surface area contributed by atoms with E-state index in [1.807, 2.05) is 0 Å². The van der Waals surface area contributed by atoms with E-state index in [-0.39, 0.29) is 0 Å². The fourth-order valence-corrected chi connectivity index (χ4v) is 1.90. The molecule has 0 spiro atoms. The first-order valence-electron chi connectivity index (χ1n) is 5.99. The van der Waals surface area contributed by atoms with E-state index in [1.54, 1.807) is 0 Å². The molecule has 0 aliphatic heterocycles. The lowest BCUT2D eigenvalue weighted by Crippen LogP contribution is -2.09. The summed E-state index contributed by atoms with van der Waals surface area (Å²) < 4.78 is 0. The van der Waals surface area contributed by atoms with Crippen LogP contribution in [0.2, 0.25) is 0 Å². The highest BCUT2D eigenvalue weighted by Crippen LogP contribution is 2.24. The third kappa shape index (κ3) is 6.01. The molecule has 0 aliphatic rings. The molecule has 14 heavy (non-hydrogen) atoms. The molecule has 0 rings (SSSR count). The highest BCUT2D eigenvalue weighted by Gasteiger charge is 2.12. The summed E-state index contributed by atoms with van der Waals surface area (Å²) in [6.07, 6.45) is 13.1. The molecule has 82 valence electrons. The van der Waals surface area contributed by atoms with Crippen LogP contribution in [0.4, 0.5) is 0 Å². The molecule has 1 unspecified atom stereocenters. The van der Waals surface area contributed by atoms with Gasteiger partial charge in [0.05, 0.1) is 0 Å². The van der Waals surface area contributed by atoms with Crippen molar-refractivity contribution in [2.45, 2.75) is 52.9 Å². The third-order valence-electron chi connectivity index (χ3n) is 2.96. The van der Waals surface area contributed by atoms with Gasteiger partial charge in [-0.05, 0) is 38.0 Å². The summed E-state index contributed by atoms with van der Waals surface area (Å²) in [7, 11) is 0. The standard InChI is InChI=1S/C14H26/c1-5-8-9-10-12-14(11-6-2)13(4)7-3/h5,7-8,13-14H,3,6,9-12H2,1-2,4H3/b8-5-/t13?,14-/m0/s1. The van der Waals surface area contributed by atoms with Crippen LogP contribution < -0.4 is 0 Å². The van der Waals surface area contributed by atoms with Crippen molar-refractivity contribution >= 4 is 0 Å². The third-order valence-corrected chi connectivity index (χ3v) is 2.96. The largest absolute Gasteiger partial charge is 0.103 e. The van der Waals surface area contributed by atoms with Crippen LogP contribution in [0.25, 0.3) is 0 Å². The minimum Gasteiger partial charge on any atom is -0.103 e. The van der Waals surface area contributed by atoms with Gasteiger partial charge in [0.1, 0.15) is 0 Å². The van der Waals surface area contributed by atoms with Gasteiger partial charge in [0.25, 0.3) is 0 Å². The number of unbranched alkanes of at least 4 members (excludes halogenated alkanes) is 1. The summed E-state index contributed by atoms with van der Waals surface area (Å²) in [6, 6.07) is 0. The Morgan fingerprint density at radius 1 is 1.29 bits per heavy atom. The van der Waals surface area contributed by atoms with Crippen molar-refractivity contribution < 1.29 is 0 Å². The zero-order valence-electron chi connectivity index (χ0n) is 10.1. The van der Waals surface area contributed by atoms with Gasteiger partial charge in [0, 0.05) is 0 Å². The SMILES string of the molecule is C=CC(C)[C@@H](CCC)CCC/C=C\C. The molecule has 0 fully saturated rings. The maximum absolute atomic E-state index is 3.89. The Morgan fingerprint density at radius 2 is 2.00 bits per heavy atom. The average molecular weight is 194 g/mol. The maximum Gasteiger partial charge on any atom is -0.0236 e. The summed E-state index contributed by atoms with van der Waals surface area (Å²) in [5.74, 6) is 1.53. The van der Waals surface area contributed by atoms with Gasteiger partial charge in [0.15, 0.2) is 0 Å². The Hall–Kier alpha value is -0.520. The molecule has 0 amide bonds. The molecule has 0 saturated heterocycles. The van der Waals surface area contributed by atoms with E-state index in [0.717, 1.165) is 5.92 Å². The van der Waals surface area contributed by atoms with Crippen LogP contribution in [0, 0.1) is 11.8 Å². The van der Waals surface area contributed by atoms with Crippen LogP contribution in [0.3, 0.4) is 0 Å². The fraction of sp³-hybridized carbons (Fsp3) is 0.714. The Bertz CT molecular complexity index is 155. The summed E-state index contributed by atoms with van der Waals surface area (Å²) >= 11 is 0. The molecule has 0 heteroatoms. The predicted octanol–water partition coefficient (Wildman–Crippen LogP) is 4.97. The Kier molecular flexibility index (Phi) is 8.72. The lowest BCUT2D eigenvalue weighted by Gasteiger charge is -2.20. The lowest BCUT2D eigenvalue weighted by molar-refractivity contribution is 0.355. The van der Waals surface area contributed by atoms with Gasteiger partial charge in [-0.1, -0.05) is 44.9 Å². The highest BCUT2D eigenvalue weighted by molar-refractivity contribution is 4.82. The number of hydrogen-bond donors (Lipinski definition) is 0. The van der Waals surface area contributed by atoms with Gasteiger partial charge in [-0.15, -0.1) is 6.58 Å². The van der Waals surface area contributed by atoms with Crippen molar-refractivity contribution in [3.05, 3.63) is 24.8 Å². The minimum absolute atomic E-state index is 0.681. The zero-order chi connectivity index (χ0) is 10.8. The maximum atomic E-state index is 3.89. The van der Waals surface area contributed by atoms with Crippen LogP contribution in [0.5, 0.6) is 0 Å². The van der Waals surface area contributed by atoms with Gasteiger partial charge in [-0.25, -0.2) is 0 Å². The van der Waals surface area contributed by atoms with E-state index >= 15 is 0 Å². The molecule has 0 aromatic rings.